The number of hydrogen-bond acceptors (Lipinski definition) is 4. The standard InChI is InChI=1S/C14H20N6O/c1-2-19-7-8-20(10-12(19)14-15-5-6-16-14)13(21)9-11-3-4-17-18-11/h3-6,12H,2,7-10H2,1H3,(H,15,16)(H,17,18)/t12-/m0/s1. The summed E-state index contributed by atoms with van der Waals surface area (Å²) >= 11 is 0. The molecule has 0 saturated carbocycles. The largest absolute Gasteiger partial charge is 0.347 e. The number of hydrogen-bond donors (Lipinski definition) is 2. The Kier molecular flexibility index (Phi) is 4.01. The molecule has 0 bridgehead atoms. The monoisotopic (exact) mass is 288 g/mol. The first-order valence-corrected chi connectivity index (χ1v) is 7.27. The number of likely N-dealkylation sites (N-methyl/N-ethyl adjacent to an activating group) is 1. The maximum absolute atomic E-state index is 12.4. The van der Waals surface area contributed by atoms with Crippen molar-refractivity contribution < 1.29 is 4.79 Å². The lowest BCUT2D eigenvalue weighted by Crippen LogP contribution is -2.51. The Morgan fingerprint density at radius 2 is 2.33 bits per heavy atom. The molecule has 0 radical (unpaired) electrons. The minimum absolute atomic E-state index is 0.131. The van der Waals surface area contributed by atoms with Crippen LogP contribution in [0.4, 0.5) is 0 Å². The van der Waals surface area contributed by atoms with Gasteiger partial charge >= 0.3 is 0 Å². The summed E-state index contributed by atoms with van der Waals surface area (Å²) in [7, 11) is 0. The van der Waals surface area contributed by atoms with Gasteiger partial charge in [0.15, 0.2) is 0 Å². The molecule has 1 aliphatic rings. The van der Waals surface area contributed by atoms with Crippen molar-refractivity contribution in [1.29, 1.82) is 0 Å². The van der Waals surface area contributed by atoms with Crippen LogP contribution in [0.5, 0.6) is 0 Å². The third-order valence-electron chi connectivity index (χ3n) is 3.99. The van der Waals surface area contributed by atoms with Crippen LogP contribution in [0.15, 0.2) is 24.7 Å². The molecular weight excluding hydrogens is 268 g/mol. The van der Waals surface area contributed by atoms with Gasteiger partial charge in [-0.3, -0.25) is 14.8 Å². The highest BCUT2D eigenvalue weighted by Crippen LogP contribution is 2.22. The van der Waals surface area contributed by atoms with Gasteiger partial charge in [0.05, 0.1) is 12.5 Å². The summed E-state index contributed by atoms with van der Waals surface area (Å²) < 4.78 is 0. The molecule has 1 aliphatic heterocycles. The van der Waals surface area contributed by atoms with Crippen molar-refractivity contribution in [3.05, 3.63) is 36.2 Å². The van der Waals surface area contributed by atoms with Gasteiger partial charge in [0.2, 0.25) is 5.91 Å². The molecule has 1 atom stereocenters. The molecule has 7 nitrogen and oxygen atoms in total. The Balaban J connectivity index is 1.69. The van der Waals surface area contributed by atoms with Gasteiger partial charge in [0, 0.05) is 43.9 Å². The number of carbonyl (C=O) groups is 1. The molecule has 2 N–H and O–H groups in total. The van der Waals surface area contributed by atoms with Crippen molar-refractivity contribution in [2.45, 2.75) is 19.4 Å². The second-order valence-corrected chi connectivity index (χ2v) is 5.22. The van der Waals surface area contributed by atoms with Crippen LogP contribution < -0.4 is 0 Å². The fourth-order valence-electron chi connectivity index (χ4n) is 2.80. The molecule has 0 unspecified atom stereocenters. The first-order valence-electron chi connectivity index (χ1n) is 7.27. The third kappa shape index (κ3) is 2.97. The summed E-state index contributed by atoms with van der Waals surface area (Å²) in [5, 5.41) is 6.72. The van der Waals surface area contributed by atoms with Gasteiger partial charge in [-0.15, -0.1) is 0 Å². The van der Waals surface area contributed by atoms with E-state index in [4.69, 9.17) is 0 Å². The second-order valence-electron chi connectivity index (χ2n) is 5.22. The topological polar surface area (TPSA) is 80.9 Å². The number of H-pyrrole nitrogens is 2. The molecule has 0 aromatic carbocycles. The zero-order valence-corrected chi connectivity index (χ0v) is 12.1. The van der Waals surface area contributed by atoms with E-state index < -0.39 is 0 Å². The van der Waals surface area contributed by atoms with Crippen molar-refractivity contribution in [2.75, 3.05) is 26.2 Å². The second kappa shape index (κ2) is 6.09. The quantitative estimate of drug-likeness (QED) is 0.862. The van der Waals surface area contributed by atoms with Gasteiger partial charge in [0.1, 0.15) is 5.82 Å². The average Bonchev–Trinajstić information content (AvgIpc) is 3.19. The van der Waals surface area contributed by atoms with E-state index >= 15 is 0 Å². The van der Waals surface area contributed by atoms with Gasteiger partial charge in [-0.05, 0) is 12.6 Å². The Bertz CT molecular complexity index is 564. The number of piperazine rings is 1. The molecule has 1 fully saturated rings. The maximum atomic E-state index is 12.4. The summed E-state index contributed by atoms with van der Waals surface area (Å²) in [6, 6.07) is 1.98. The van der Waals surface area contributed by atoms with E-state index in [2.05, 4.69) is 32.0 Å². The highest BCUT2D eigenvalue weighted by molar-refractivity contribution is 5.78. The minimum Gasteiger partial charge on any atom is -0.347 e. The maximum Gasteiger partial charge on any atom is 0.228 e. The number of nitrogens with zero attached hydrogens (tertiary/aromatic N) is 4. The Hall–Kier alpha value is -2.15. The minimum atomic E-state index is 0.131. The first kappa shape index (κ1) is 13.8. The highest BCUT2D eigenvalue weighted by atomic mass is 16.2. The van der Waals surface area contributed by atoms with E-state index in [0.717, 1.165) is 31.2 Å². The van der Waals surface area contributed by atoms with Crippen molar-refractivity contribution >= 4 is 5.91 Å². The lowest BCUT2D eigenvalue weighted by molar-refractivity contribution is -0.133. The number of amides is 1. The smallest absolute Gasteiger partial charge is 0.228 e. The van der Waals surface area contributed by atoms with Crippen LogP contribution in [0.3, 0.4) is 0 Å². The lowest BCUT2D eigenvalue weighted by atomic mass is 10.1. The zero-order chi connectivity index (χ0) is 14.7. The fourth-order valence-corrected chi connectivity index (χ4v) is 2.80. The Labute approximate surface area is 123 Å². The van der Waals surface area contributed by atoms with Crippen LogP contribution in [0.1, 0.15) is 24.5 Å². The molecule has 2 aromatic rings. The number of carbonyl (C=O) groups excluding carboxylic acids is 1. The van der Waals surface area contributed by atoms with E-state index in [9.17, 15) is 4.79 Å². The van der Waals surface area contributed by atoms with Crippen LogP contribution in [0, 0.1) is 0 Å². The van der Waals surface area contributed by atoms with Crippen molar-refractivity contribution in [2.24, 2.45) is 0 Å². The van der Waals surface area contributed by atoms with Crippen LogP contribution in [0.25, 0.3) is 0 Å². The lowest BCUT2D eigenvalue weighted by Gasteiger charge is -2.40. The number of nitrogens with one attached hydrogen (secondary N) is 2. The summed E-state index contributed by atoms with van der Waals surface area (Å²) in [6.07, 6.45) is 5.63. The van der Waals surface area contributed by atoms with Crippen molar-refractivity contribution in [1.82, 2.24) is 30.0 Å². The molecule has 7 heteroatoms. The normalized spacial score (nSPS) is 19.9. The van der Waals surface area contributed by atoms with Crippen molar-refractivity contribution in [3.63, 3.8) is 0 Å². The molecule has 1 amide bonds. The summed E-state index contributed by atoms with van der Waals surface area (Å²) in [4.78, 5) is 24.2. The molecule has 2 aromatic heterocycles. The van der Waals surface area contributed by atoms with Crippen LogP contribution >= 0.6 is 0 Å². The predicted molar refractivity (Wildman–Crippen MR) is 77.4 cm³/mol. The van der Waals surface area contributed by atoms with Gasteiger partial charge in [0.25, 0.3) is 0 Å². The van der Waals surface area contributed by atoms with E-state index in [1.165, 1.54) is 0 Å². The Morgan fingerprint density at radius 3 is 3.00 bits per heavy atom. The summed E-state index contributed by atoms with van der Waals surface area (Å²) in [5.41, 5.74) is 0.854. The molecule has 112 valence electrons. The molecule has 21 heavy (non-hydrogen) atoms. The molecule has 1 saturated heterocycles. The first-order chi connectivity index (χ1) is 10.3. The fraction of sp³-hybridized carbons (Fsp3) is 0.500. The molecule has 0 spiro atoms. The van der Waals surface area contributed by atoms with Gasteiger partial charge in [-0.2, -0.15) is 5.10 Å². The molecular formula is C14H20N6O. The van der Waals surface area contributed by atoms with E-state index in [-0.39, 0.29) is 11.9 Å². The van der Waals surface area contributed by atoms with Gasteiger partial charge in [-0.1, -0.05) is 6.92 Å². The molecule has 3 heterocycles. The molecule has 3 rings (SSSR count). The highest BCUT2D eigenvalue weighted by Gasteiger charge is 2.31. The summed E-state index contributed by atoms with van der Waals surface area (Å²) in [6.45, 7) is 5.40. The number of imidazole rings is 1. The van der Waals surface area contributed by atoms with Crippen LogP contribution in [0.2, 0.25) is 0 Å². The van der Waals surface area contributed by atoms with Gasteiger partial charge in [-0.25, -0.2) is 4.98 Å². The van der Waals surface area contributed by atoms with E-state index in [0.29, 0.717) is 13.0 Å². The number of aromatic amines is 2. The molecule has 0 aliphatic carbocycles. The summed E-state index contributed by atoms with van der Waals surface area (Å²) in [5.74, 6) is 1.06. The number of aromatic nitrogens is 4. The van der Waals surface area contributed by atoms with E-state index in [1.54, 1.807) is 12.4 Å². The van der Waals surface area contributed by atoms with Gasteiger partial charge < -0.3 is 9.88 Å². The zero-order valence-electron chi connectivity index (χ0n) is 12.1. The van der Waals surface area contributed by atoms with Crippen LogP contribution in [-0.2, 0) is 11.2 Å². The van der Waals surface area contributed by atoms with E-state index in [1.807, 2.05) is 17.2 Å². The SMILES string of the molecule is CCN1CCN(C(=O)Cc2ccn[nH]2)C[C@H]1c1ncc[nH]1. The van der Waals surface area contributed by atoms with Crippen LogP contribution in [-0.4, -0.2) is 62.1 Å². The Morgan fingerprint density at radius 1 is 1.43 bits per heavy atom. The predicted octanol–water partition coefficient (Wildman–Crippen LogP) is 0.581. The van der Waals surface area contributed by atoms with Crippen molar-refractivity contribution in [3.8, 4) is 0 Å². The number of rotatable bonds is 4. The average molecular weight is 288 g/mol. The third-order valence-corrected chi connectivity index (χ3v) is 3.99.